The van der Waals surface area contributed by atoms with Gasteiger partial charge in [0.15, 0.2) is 0 Å². The van der Waals surface area contributed by atoms with Gasteiger partial charge in [-0.25, -0.2) is 4.79 Å². The third-order valence-corrected chi connectivity index (χ3v) is 3.80. The Bertz CT molecular complexity index is 342. The first-order valence-corrected chi connectivity index (χ1v) is 6.93. The van der Waals surface area contributed by atoms with Crippen LogP contribution in [0, 0.1) is 11.8 Å². The van der Waals surface area contributed by atoms with Gasteiger partial charge in [-0.05, 0) is 25.2 Å². The Morgan fingerprint density at radius 3 is 2.84 bits per heavy atom. The summed E-state index contributed by atoms with van der Waals surface area (Å²) in [5.74, 6) is -1.04. The summed E-state index contributed by atoms with van der Waals surface area (Å²) in [7, 11) is 0. The van der Waals surface area contributed by atoms with Gasteiger partial charge in [0.1, 0.15) is 0 Å². The third-order valence-electron chi connectivity index (χ3n) is 3.80. The van der Waals surface area contributed by atoms with Crippen LogP contribution in [0.4, 0.5) is 4.79 Å². The van der Waals surface area contributed by atoms with Gasteiger partial charge in [0.25, 0.3) is 0 Å². The number of hydrogen-bond acceptors (Lipinski definition) is 3. The lowest BCUT2D eigenvalue weighted by atomic mass is 9.91. The molecule has 0 saturated carbocycles. The van der Waals surface area contributed by atoms with Crippen molar-refractivity contribution >= 4 is 12.0 Å². The second kappa shape index (κ2) is 6.23. The highest BCUT2D eigenvalue weighted by Gasteiger charge is 2.32. The molecular weight excluding hydrogens is 248 g/mol. The number of rotatable bonds is 3. The SMILES string of the molecule is CC1CC(C(=O)O)CN(C(=O)NCC2CCCO2)C1. The Kier molecular flexibility index (Phi) is 4.63. The van der Waals surface area contributed by atoms with E-state index in [9.17, 15) is 9.59 Å². The van der Waals surface area contributed by atoms with Crippen molar-refractivity contribution in [2.45, 2.75) is 32.3 Å². The quantitative estimate of drug-likeness (QED) is 0.799. The molecule has 0 aromatic carbocycles. The molecule has 0 aliphatic carbocycles. The number of likely N-dealkylation sites (tertiary alicyclic amines) is 1. The highest BCUT2D eigenvalue weighted by atomic mass is 16.5. The van der Waals surface area contributed by atoms with E-state index < -0.39 is 11.9 Å². The maximum absolute atomic E-state index is 12.0. The van der Waals surface area contributed by atoms with Crippen molar-refractivity contribution in [3.63, 3.8) is 0 Å². The lowest BCUT2D eigenvalue weighted by molar-refractivity contribution is -0.143. The smallest absolute Gasteiger partial charge is 0.317 e. The van der Waals surface area contributed by atoms with Crippen LogP contribution < -0.4 is 5.32 Å². The minimum absolute atomic E-state index is 0.112. The van der Waals surface area contributed by atoms with Gasteiger partial charge in [-0.3, -0.25) is 4.79 Å². The lowest BCUT2D eigenvalue weighted by Crippen LogP contribution is -2.50. The van der Waals surface area contributed by atoms with Gasteiger partial charge < -0.3 is 20.1 Å². The number of ether oxygens (including phenoxy) is 1. The molecule has 0 spiro atoms. The molecule has 0 aromatic rings. The molecule has 2 rings (SSSR count). The van der Waals surface area contributed by atoms with Gasteiger partial charge >= 0.3 is 12.0 Å². The Labute approximate surface area is 113 Å². The Hall–Kier alpha value is -1.30. The first-order chi connectivity index (χ1) is 9.06. The fraction of sp³-hybridized carbons (Fsp3) is 0.846. The van der Waals surface area contributed by atoms with Gasteiger partial charge in [0.05, 0.1) is 12.0 Å². The molecule has 2 fully saturated rings. The van der Waals surface area contributed by atoms with Crippen molar-refractivity contribution < 1.29 is 19.4 Å². The van der Waals surface area contributed by atoms with Gasteiger partial charge in [0, 0.05) is 26.2 Å². The van der Waals surface area contributed by atoms with Crippen LogP contribution in [0.2, 0.25) is 0 Å². The summed E-state index contributed by atoms with van der Waals surface area (Å²) in [5, 5.41) is 11.9. The first kappa shape index (κ1) is 14.1. The number of carboxylic acid groups (broad SMARTS) is 1. The summed E-state index contributed by atoms with van der Waals surface area (Å²) in [6.07, 6.45) is 2.78. The molecule has 6 nitrogen and oxygen atoms in total. The van der Waals surface area contributed by atoms with E-state index in [1.807, 2.05) is 6.92 Å². The number of carboxylic acids is 1. The zero-order valence-electron chi connectivity index (χ0n) is 11.3. The molecule has 2 aliphatic heterocycles. The fourth-order valence-electron chi connectivity index (χ4n) is 2.81. The summed E-state index contributed by atoms with van der Waals surface area (Å²) in [4.78, 5) is 24.7. The van der Waals surface area contributed by atoms with Gasteiger partial charge in [-0.2, -0.15) is 0 Å². The molecule has 2 aliphatic rings. The van der Waals surface area contributed by atoms with Crippen LogP contribution in [0.15, 0.2) is 0 Å². The highest BCUT2D eigenvalue weighted by molar-refractivity contribution is 5.76. The summed E-state index contributed by atoms with van der Waals surface area (Å²) in [6.45, 7) is 4.19. The van der Waals surface area contributed by atoms with Crippen LogP contribution in [0.1, 0.15) is 26.2 Å². The second-order valence-corrected chi connectivity index (χ2v) is 5.60. The second-order valence-electron chi connectivity index (χ2n) is 5.60. The number of nitrogens with zero attached hydrogens (tertiary/aromatic N) is 1. The Morgan fingerprint density at radius 1 is 1.42 bits per heavy atom. The normalized spacial score (nSPS) is 31.2. The van der Waals surface area contributed by atoms with Gasteiger partial charge in [0.2, 0.25) is 0 Å². The van der Waals surface area contributed by atoms with Crippen molar-refractivity contribution in [3.8, 4) is 0 Å². The van der Waals surface area contributed by atoms with Crippen LogP contribution in [0.25, 0.3) is 0 Å². The number of aliphatic carboxylic acids is 1. The first-order valence-electron chi connectivity index (χ1n) is 6.93. The van der Waals surface area contributed by atoms with E-state index in [1.165, 1.54) is 0 Å². The summed E-state index contributed by atoms with van der Waals surface area (Å²) >= 11 is 0. The highest BCUT2D eigenvalue weighted by Crippen LogP contribution is 2.21. The van der Waals surface area contributed by atoms with E-state index in [0.29, 0.717) is 26.1 Å². The maximum Gasteiger partial charge on any atom is 0.317 e. The number of carbonyl (C=O) groups is 2. The number of urea groups is 1. The van der Waals surface area contributed by atoms with Crippen molar-refractivity contribution in [2.24, 2.45) is 11.8 Å². The molecule has 2 saturated heterocycles. The van der Waals surface area contributed by atoms with Gasteiger partial charge in [-0.15, -0.1) is 0 Å². The van der Waals surface area contributed by atoms with Crippen LogP contribution in [0.5, 0.6) is 0 Å². The van der Waals surface area contributed by atoms with Crippen molar-refractivity contribution in [3.05, 3.63) is 0 Å². The molecule has 0 radical (unpaired) electrons. The number of carbonyl (C=O) groups excluding carboxylic acids is 1. The fourth-order valence-corrected chi connectivity index (χ4v) is 2.81. The van der Waals surface area contributed by atoms with Crippen LogP contribution in [0.3, 0.4) is 0 Å². The molecule has 0 aromatic heterocycles. The van der Waals surface area contributed by atoms with E-state index in [2.05, 4.69) is 5.32 Å². The van der Waals surface area contributed by atoms with E-state index in [-0.39, 0.29) is 18.1 Å². The summed E-state index contributed by atoms with van der Waals surface area (Å²) in [5.41, 5.74) is 0. The largest absolute Gasteiger partial charge is 0.481 e. The number of piperidine rings is 1. The average Bonchev–Trinajstić information content (AvgIpc) is 2.88. The minimum Gasteiger partial charge on any atom is -0.481 e. The molecule has 3 unspecified atom stereocenters. The number of hydrogen-bond donors (Lipinski definition) is 2. The van der Waals surface area contributed by atoms with Crippen LogP contribution >= 0.6 is 0 Å². The van der Waals surface area contributed by atoms with Crippen molar-refractivity contribution in [1.29, 1.82) is 0 Å². The predicted octanol–water partition coefficient (Wildman–Crippen LogP) is 0.918. The lowest BCUT2D eigenvalue weighted by Gasteiger charge is -2.34. The molecule has 2 amide bonds. The van der Waals surface area contributed by atoms with E-state index in [0.717, 1.165) is 19.4 Å². The molecule has 0 bridgehead atoms. The predicted molar refractivity (Wildman–Crippen MR) is 68.9 cm³/mol. The van der Waals surface area contributed by atoms with E-state index in [1.54, 1.807) is 4.90 Å². The average molecular weight is 270 g/mol. The minimum atomic E-state index is -0.816. The molecule has 2 heterocycles. The zero-order valence-corrected chi connectivity index (χ0v) is 11.3. The molecule has 6 heteroatoms. The zero-order chi connectivity index (χ0) is 13.8. The Balaban J connectivity index is 1.81. The molecule has 19 heavy (non-hydrogen) atoms. The molecular formula is C13H22N2O4. The number of nitrogens with one attached hydrogen (secondary N) is 1. The van der Waals surface area contributed by atoms with E-state index in [4.69, 9.17) is 9.84 Å². The Morgan fingerprint density at radius 2 is 2.21 bits per heavy atom. The van der Waals surface area contributed by atoms with Crippen molar-refractivity contribution in [2.75, 3.05) is 26.2 Å². The molecule has 3 atom stereocenters. The summed E-state index contributed by atoms with van der Waals surface area (Å²) < 4.78 is 5.44. The monoisotopic (exact) mass is 270 g/mol. The van der Waals surface area contributed by atoms with E-state index >= 15 is 0 Å². The van der Waals surface area contributed by atoms with Crippen molar-refractivity contribution in [1.82, 2.24) is 10.2 Å². The van der Waals surface area contributed by atoms with Crippen LogP contribution in [-0.4, -0.2) is 54.4 Å². The summed E-state index contributed by atoms with van der Waals surface area (Å²) in [6, 6.07) is -0.173. The maximum atomic E-state index is 12.0. The van der Waals surface area contributed by atoms with Gasteiger partial charge in [-0.1, -0.05) is 6.92 Å². The topological polar surface area (TPSA) is 78.9 Å². The molecule has 2 N–H and O–H groups in total. The van der Waals surface area contributed by atoms with Crippen LogP contribution in [-0.2, 0) is 9.53 Å². The molecule has 108 valence electrons. The third kappa shape index (κ3) is 3.83. The number of amides is 2. The standard InChI is InChI=1S/C13H22N2O4/c1-9-5-10(12(16)17)8-15(7-9)13(18)14-6-11-3-2-4-19-11/h9-11H,2-8H2,1H3,(H,14,18)(H,16,17).